The number of para-hydroxylation sites is 1. The molecule has 5 rings (SSSR count). The first-order valence-corrected chi connectivity index (χ1v) is 14.4. The van der Waals surface area contributed by atoms with Gasteiger partial charge < -0.3 is 9.32 Å². The first-order chi connectivity index (χ1) is 18.0. The van der Waals surface area contributed by atoms with Crippen molar-refractivity contribution in [2.24, 2.45) is 0 Å². The molecule has 2 heterocycles. The van der Waals surface area contributed by atoms with Crippen molar-refractivity contribution in [1.29, 1.82) is 0 Å². The molecule has 0 atom stereocenters. The molecule has 0 amide bonds. The molecule has 0 aromatic heterocycles. The molecular formula is C34H43N2O+. The highest BCUT2D eigenvalue weighted by Crippen LogP contribution is 2.48. The van der Waals surface area contributed by atoms with Crippen LogP contribution in [0.2, 0.25) is 0 Å². The summed E-state index contributed by atoms with van der Waals surface area (Å²) >= 11 is 0. The predicted octanol–water partition coefficient (Wildman–Crippen LogP) is 7.79. The second-order valence-electron chi connectivity index (χ2n) is 11.1. The summed E-state index contributed by atoms with van der Waals surface area (Å²) in [5, 5.41) is 1.24. The van der Waals surface area contributed by atoms with Crippen molar-refractivity contribution in [3.63, 3.8) is 0 Å². The maximum absolute atomic E-state index is 6.74. The molecule has 0 radical (unpaired) electrons. The van der Waals surface area contributed by atoms with Crippen LogP contribution in [0.25, 0.3) is 16.9 Å². The van der Waals surface area contributed by atoms with Crippen LogP contribution in [0.15, 0.2) is 70.8 Å². The number of nitrogens with zero attached hydrogens (tertiary/aromatic N) is 2. The number of benzene rings is 2. The monoisotopic (exact) mass is 495 g/mol. The predicted molar refractivity (Wildman–Crippen MR) is 157 cm³/mol. The van der Waals surface area contributed by atoms with Gasteiger partial charge in [-0.1, -0.05) is 51.5 Å². The molecule has 0 fully saturated rings. The van der Waals surface area contributed by atoms with E-state index in [0.29, 0.717) is 0 Å². The van der Waals surface area contributed by atoms with Crippen molar-refractivity contribution in [2.45, 2.75) is 78.6 Å². The zero-order valence-electron chi connectivity index (χ0n) is 23.4. The van der Waals surface area contributed by atoms with Gasteiger partial charge in [-0.2, -0.15) is 0 Å². The molecule has 2 aliphatic heterocycles. The fraction of sp³-hybridized carbons (Fsp3) is 0.441. The highest BCUT2D eigenvalue weighted by Gasteiger charge is 2.39. The van der Waals surface area contributed by atoms with Gasteiger partial charge in [0.25, 0.3) is 0 Å². The molecule has 194 valence electrons. The minimum Gasteiger partial charge on any atom is -0.456 e. The smallest absolute Gasteiger partial charge is 0.203 e. The lowest BCUT2D eigenvalue weighted by atomic mass is 9.83. The highest BCUT2D eigenvalue weighted by atomic mass is 16.3. The summed E-state index contributed by atoms with van der Waals surface area (Å²) in [5.41, 5.74) is 8.05. The zero-order valence-corrected chi connectivity index (χ0v) is 23.4. The fourth-order valence-corrected chi connectivity index (χ4v) is 6.18. The molecule has 0 saturated carbocycles. The third-order valence-electron chi connectivity index (χ3n) is 8.37. The number of anilines is 1. The summed E-state index contributed by atoms with van der Waals surface area (Å²) < 4.78 is 9.12. The van der Waals surface area contributed by atoms with Gasteiger partial charge in [0.15, 0.2) is 0 Å². The summed E-state index contributed by atoms with van der Waals surface area (Å²) in [6.07, 6.45) is 11.7. The Morgan fingerprint density at radius 2 is 1.73 bits per heavy atom. The Morgan fingerprint density at radius 1 is 0.946 bits per heavy atom. The Kier molecular flexibility index (Phi) is 7.42. The number of unbranched alkanes of at least 4 members (excludes halogenated alkanes) is 1. The first-order valence-electron chi connectivity index (χ1n) is 14.4. The molecule has 0 N–H and O–H groups in total. The molecule has 1 aromatic carbocycles. The Bertz CT molecular complexity index is 1360. The maximum atomic E-state index is 6.74. The minimum atomic E-state index is -0.0197. The van der Waals surface area contributed by atoms with Crippen LogP contribution in [-0.4, -0.2) is 19.6 Å². The minimum absolute atomic E-state index is 0.0197. The van der Waals surface area contributed by atoms with E-state index in [1.807, 2.05) is 0 Å². The summed E-state index contributed by atoms with van der Waals surface area (Å²) in [4.78, 5) is 2.56. The molecule has 2 aliphatic carbocycles. The Balaban J connectivity index is 1.62. The van der Waals surface area contributed by atoms with Gasteiger partial charge in [-0.15, -0.1) is 0 Å². The van der Waals surface area contributed by atoms with Crippen LogP contribution in [0.3, 0.4) is 0 Å². The lowest BCUT2D eigenvalue weighted by molar-refractivity contribution is 0.538. The summed E-state index contributed by atoms with van der Waals surface area (Å²) in [7, 11) is 0. The number of fused-ring (bicyclic) bond motifs is 3. The van der Waals surface area contributed by atoms with Gasteiger partial charge in [0.05, 0.1) is 6.07 Å². The Hall–Kier alpha value is -3.07. The Labute approximate surface area is 223 Å². The summed E-state index contributed by atoms with van der Waals surface area (Å²) in [5.74, 6) is 2.08. The van der Waals surface area contributed by atoms with Gasteiger partial charge in [-0.25, -0.2) is 4.58 Å². The van der Waals surface area contributed by atoms with E-state index >= 15 is 0 Å². The van der Waals surface area contributed by atoms with Crippen molar-refractivity contribution < 1.29 is 4.42 Å². The summed E-state index contributed by atoms with van der Waals surface area (Å²) in [6.45, 7) is 14.5. The van der Waals surface area contributed by atoms with E-state index in [0.717, 1.165) is 44.0 Å². The van der Waals surface area contributed by atoms with Crippen molar-refractivity contribution in [3.05, 3.63) is 88.6 Å². The van der Waals surface area contributed by atoms with Crippen molar-refractivity contribution in [1.82, 2.24) is 4.58 Å². The maximum Gasteiger partial charge on any atom is 0.203 e. The van der Waals surface area contributed by atoms with E-state index in [1.165, 1.54) is 64.7 Å². The molecule has 4 aliphatic rings. The largest absolute Gasteiger partial charge is 0.456 e. The molecule has 0 unspecified atom stereocenters. The fourth-order valence-electron chi connectivity index (χ4n) is 6.18. The van der Waals surface area contributed by atoms with Gasteiger partial charge in [-0.3, -0.25) is 0 Å². The SMILES string of the molecule is CCCCN1/C(=C\C=C2/CCCCc3cc4ccc(=[N+](CC)CC)cc-4oc32)C(C)(C)c2ccccc21. The van der Waals surface area contributed by atoms with E-state index in [9.17, 15) is 0 Å². The van der Waals surface area contributed by atoms with E-state index in [-0.39, 0.29) is 5.41 Å². The van der Waals surface area contributed by atoms with Gasteiger partial charge in [0.2, 0.25) is 5.36 Å². The molecule has 0 spiro atoms. The van der Waals surface area contributed by atoms with Gasteiger partial charge in [-0.05, 0) is 86.9 Å². The highest BCUT2D eigenvalue weighted by molar-refractivity contribution is 5.74. The topological polar surface area (TPSA) is 19.4 Å². The quantitative estimate of drug-likeness (QED) is 0.257. The molecule has 0 bridgehead atoms. The Morgan fingerprint density at radius 3 is 2.51 bits per heavy atom. The average Bonchev–Trinajstić information content (AvgIpc) is 3.00. The lowest BCUT2D eigenvalue weighted by Crippen LogP contribution is -2.29. The normalized spacial score (nSPS) is 18.8. The van der Waals surface area contributed by atoms with Crippen LogP contribution in [0.5, 0.6) is 0 Å². The van der Waals surface area contributed by atoms with E-state index < -0.39 is 0 Å². The van der Waals surface area contributed by atoms with Crippen molar-refractivity contribution in [2.75, 3.05) is 24.5 Å². The standard InChI is InChI=1S/C34H43N2O/c1-6-9-22-36-30-17-13-12-16-29(30)34(4,5)32(36)21-19-25-14-10-11-15-27-23-26-18-20-28(35(7-2)8-3)24-31(26)37-33(25)27/h12-13,16-21,23-24H,6-11,14-15,22H2,1-5H3/q+1. The molecule has 0 saturated heterocycles. The zero-order chi connectivity index (χ0) is 26.0. The molecule has 37 heavy (non-hydrogen) atoms. The van der Waals surface area contributed by atoms with E-state index in [1.54, 1.807) is 0 Å². The molecule has 3 heteroatoms. The van der Waals surface area contributed by atoms with E-state index in [2.05, 4.69) is 105 Å². The second kappa shape index (κ2) is 10.7. The van der Waals surface area contributed by atoms with Crippen LogP contribution >= 0.6 is 0 Å². The van der Waals surface area contributed by atoms with Crippen molar-refractivity contribution >= 4 is 11.3 Å². The van der Waals surface area contributed by atoms with Gasteiger partial charge in [0.1, 0.15) is 24.6 Å². The van der Waals surface area contributed by atoms with Crippen LogP contribution in [0.4, 0.5) is 5.69 Å². The van der Waals surface area contributed by atoms with Gasteiger partial charge >= 0.3 is 0 Å². The van der Waals surface area contributed by atoms with Crippen LogP contribution in [-0.2, 0) is 11.8 Å². The summed E-state index contributed by atoms with van der Waals surface area (Å²) in [6, 6.07) is 18.0. The average molecular weight is 496 g/mol. The number of aryl methyl sites for hydroxylation is 1. The number of rotatable bonds is 6. The molecule has 3 nitrogen and oxygen atoms in total. The van der Waals surface area contributed by atoms with Crippen LogP contribution in [0.1, 0.15) is 83.6 Å². The van der Waals surface area contributed by atoms with Crippen LogP contribution < -0.4 is 14.8 Å². The third-order valence-corrected chi connectivity index (χ3v) is 8.37. The first kappa shape index (κ1) is 25.6. The lowest BCUT2D eigenvalue weighted by Gasteiger charge is -2.27. The number of allylic oxidation sites excluding steroid dienone is 4. The van der Waals surface area contributed by atoms with E-state index in [4.69, 9.17) is 4.42 Å². The number of hydrogen-bond donors (Lipinski definition) is 0. The second-order valence-corrected chi connectivity index (χ2v) is 11.1. The van der Waals surface area contributed by atoms with Crippen LogP contribution in [0, 0.1) is 0 Å². The molecular weight excluding hydrogens is 452 g/mol. The third kappa shape index (κ3) is 4.81. The number of hydrogen-bond acceptors (Lipinski definition) is 2. The molecule has 1 aromatic rings. The van der Waals surface area contributed by atoms with Gasteiger partial charge in [0, 0.05) is 35.0 Å². The van der Waals surface area contributed by atoms with Crippen molar-refractivity contribution in [3.8, 4) is 11.3 Å².